The molecule has 0 N–H and O–H groups in total. The molecule has 4 aromatic rings. The SMILES string of the molecule is Cc1cc(C)cc(-c2nn3c(-c4ccccc4)nnc3s2)c1. The van der Waals surface area contributed by atoms with E-state index in [9.17, 15) is 0 Å². The van der Waals surface area contributed by atoms with Gasteiger partial charge in [-0.25, -0.2) is 0 Å². The second-order valence-corrected chi connectivity index (χ2v) is 6.32. The molecule has 0 unspecified atom stereocenters. The van der Waals surface area contributed by atoms with Gasteiger partial charge in [0, 0.05) is 11.1 Å². The van der Waals surface area contributed by atoms with Crippen LogP contribution < -0.4 is 0 Å². The first kappa shape index (κ1) is 13.2. The third-order valence-corrected chi connectivity index (χ3v) is 4.44. The summed E-state index contributed by atoms with van der Waals surface area (Å²) in [6, 6.07) is 16.5. The zero-order chi connectivity index (χ0) is 15.1. The Balaban J connectivity index is 1.87. The molecule has 0 aliphatic rings. The van der Waals surface area contributed by atoms with Gasteiger partial charge in [-0.05, 0) is 26.0 Å². The second-order valence-electron chi connectivity index (χ2n) is 5.37. The summed E-state index contributed by atoms with van der Waals surface area (Å²) >= 11 is 1.56. The maximum atomic E-state index is 4.71. The maximum absolute atomic E-state index is 4.71. The Morgan fingerprint density at radius 3 is 2.32 bits per heavy atom. The highest BCUT2D eigenvalue weighted by Crippen LogP contribution is 2.29. The predicted octanol–water partition coefficient (Wildman–Crippen LogP) is 4.14. The Bertz CT molecular complexity index is 933. The molecule has 0 amide bonds. The van der Waals surface area contributed by atoms with Crippen molar-refractivity contribution in [2.75, 3.05) is 0 Å². The minimum absolute atomic E-state index is 0.780. The van der Waals surface area contributed by atoms with Crippen LogP contribution in [0.25, 0.3) is 26.9 Å². The van der Waals surface area contributed by atoms with Crippen LogP contribution in [0.5, 0.6) is 0 Å². The minimum atomic E-state index is 0.780. The summed E-state index contributed by atoms with van der Waals surface area (Å²) in [5, 5.41) is 14.2. The average Bonchev–Trinajstić information content (AvgIpc) is 3.07. The van der Waals surface area contributed by atoms with Crippen LogP contribution in [-0.2, 0) is 0 Å². The van der Waals surface area contributed by atoms with Crippen LogP contribution in [0.1, 0.15) is 11.1 Å². The zero-order valence-corrected chi connectivity index (χ0v) is 13.1. The first-order valence-electron chi connectivity index (χ1n) is 7.07. The quantitative estimate of drug-likeness (QED) is 0.559. The van der Waals surface area contributed by atoms with Crippen LogP contribution in [0.3, 0.4) is 0 Å². The molecule has 0 aliphatic carbocycles. The molecular weight excluding hydrogens is 292 g/mol. The Morgan fingerprint density at radius 1 is 0.864 bits per heavy atom. The van der Waals surface area contributed by atoms with Gasteiger partial charge in [0.25, 0.3) is 0 Å². The zero-order valence-electron chi connectivity index (χ0n) is 12.3. The highest BCUT2D eigenvalue weighted by atomic mass is 32.1. The molecule has 0 radical (unpaired) electrons. The van der Waals surface area contributed by atoms with Crippen LogP contribution in [0.4, 0.5) is 0 Å². The molecule has 2 heterocycles. The second kappa shape index (κ2) is 5.03. The molecule has 0 saturated carbocycles. The van der Waals surface area contributed by atoms with Gasteiger partial charge in [-0.1, -0.05) is 58.9 Å². The number of benzene rings is 2. The normalized spacial score (nSPS) is 11.2. The fourth-order valence-corrected chi connectivity index (χ4v) is 3.43. The maximum Gasteiger partial charge on any atom is 0.235 e. The van der Waals surface area contributed by atoms with Gasteiger partial charge in [0.2, 0.25) is 4.96 Å². The van der Waals surface area contributed by atoms with Crippen LogP contribution in [-0.4, -0.2) is 19.8 Å². The Labute approximate surface area is 132 Å². The lowest BCUT2D eigenvalue weighted by molar-refractivity contribution is 0.970. The summed E-state index contributed by atoms with van der Waals surface area (Å²) < 4.78 is 1.83. The lowest BCUT2D eigenvalue weighted by Crippen LogP contribution is -1.91. The first-order valence-corrected chi connectivity index (χ1v) is 7.89. The smallest absolute Gasteiger partial charge is 0.182 e. The average molecular weight is 306 g/mol. The summed E-state index contributed by atoms with van der Waals surface area (Å²) in [6.07, 6.45) is 0. The molecule has 5 heteroatoms. The lowest BCUT2D eigenvalue weighted by atomic mass is 10.1. The van der Waals surface area contributed by atoms with Crippen LogP contribution >= 0.6 is 11.3 Å². The number of aromatic nitrogens is 4. The highest BCUT2D eigenvalue weighted by Gasteiger charge is 2.14. The van der Waals surface area contributed by atoms with Gasteiger partial charge in [-0.15, -0.1) is 10.2 Å². The number of fused-ring (bicyclic) bond motifs is 1. The van der Waals surface area contributed by atoms with Crippen LogP contribution in [0.2, 0.25) is 0 Å². The molecule has 0 atom stereocenters. The van der Waals surface area contributed by atoms with E-state index in [0.717, 1.165) is 26.9 Å². The first-order chi connectivity index (χ1) is 10.7. The van der Waals surface area contributed by atoms with Gasteiger partial charge in [0.1, 0.15) is 5.01 Å². The molecule has 0 fully saturated rings. The van der Waals surface area contributed by atoms with E-state index in [2.05, 4.69) is 42.2 Å². The summed E-state index contributed by atoms with van der Waals surface area (Å²) in [7, 11) is 0. The molecule has 0 saturated heterocycles. The Morgan fingerprint density at radius 2 is 1.59 bits per heavy atom. The van der Waals surface area contributed by atoms with Gasteiger partial charge in [0.15, 0.2) is 5.82 Å². The molecule has 4 nitrogen and oxygen atoms in total. The topological polar surface area (TPSA) is 43.1 Å². The molecule has 108 valence electrons. The fourth-order valence-electron chi connectivity index (χ4n) is 2.60. The molecule has 22 heavy (non-hydrogen) atoms. The van der Waals surface area contributed by atoms with E-state index < -0.39 is 0 Å². The number of hydrogen-bond donors (Lipinski definition) is 0. The van der Waals surface area contributed by atoms with E-state index in [0.29, 0.717) is 0 Å². The summed E-state index contributed by atoms with van der Waals surface area (Å²) in [6.45, 7) is 4.21. The number of aryl methyl sites for hydroxylation is 2. The van der Waals surface area contributed by atoms with E-state index in [1.165, 1.54) is 11.1 Å². The third kappa shape index (κ3) is 2.19. The van der Waals surface area contributed by atoms with Gasteiger partial charge in [-0.3, -0.25) is 0 Å². The highest BCUT2D eigenvalue weighted by molar-refractivity contribution is 7.19. The van der Waals surface area contributed by atoms with Crippen molar-refractivity contribution in [2.24, 2.45) is 0 Å². The van der Waals surface area contributed by atoms with E-state index >= 15 is 0 Å². The van der Waals surface area contributed by atoms with E-state index in [1.54, 1.807) is 11.3 Å². The molecule has 0 spiro atoms. The fraction of sp³-hybridized carbons (Fsp3) is 0.118. The summed E-state index contributed by atoms with van der Waals surface area (Å²) in [5.74, 6) is 0.780. The predicted molar refractivity (Wildman–Crippen MR) is 89.0 cm³/mol. The molecule has 4 rings (SSSR count). The number of rotatable bonds is 2. The van der Waals surface area contributed by atoms with E-state index in [4.69, 9.17) is 5.10 Å². The number of nitrogens with zero attached hydrogens (tertiary/aromatic N) is 4. The summed E-state index contributed by atoms with van der Waals surface area (Å²) in [5.41, 5.74) is 4.63. The number of hydrogen-bond acceptors (Lipinski definition) is 4. The van der Waals surface area contributed by atoms with Gasteiger partial charge in [0.05, 0.1) is 0 Å². The third-order valence-electron chi connectivity index (χ3n) is 3.49. The largest absolute Gasteiger partial charge is 0.235 e. The van der Waals surface area contributed by atoms with Gasteiger partial charge in [-0.2, -0.15) is 9.61 Å². The summed E-state index contributed by atoms with van der Waals surface area (Å²) in [4.78, 5) is 0.813. The van der Waals surface area contributed by atoms with Crippen molar-refractivity contribution in [1.29, 1.82) is 0 Å². The van der Waals surface area contributed by atoms with Crippen molar-refractivity contribution in [3.8, 4) is 22.0 Å². The van der Waals surface area contributed by atoms with Crippen molar-refractivity contribution in [2.45, 2.75) is 13.8 Å². The van der Waals surface area contributed by atoms with Crippen LogP contribution in [0.15, 0.2) is 48.5 Å². The Kier molecular flexibility index (Phi) is 3.01. The van der Waals surface area contributed by atoms with Crippen molar-refractivity contribution >= 4 is 16.3 Å². The van der Waals surface area contributed by atoms with E-state index in [-0.39, 0.29) is 0 Å². The minimum Gasteiger partial charge on any atom is -0.182 e. The Hall–Kier alpha value is -2.53. The molecule has 0 bridgehead atoms. The van der Waals surface area contributed by atoms with Crippen LogP contribution in [0, 0.1) is 13.8 Å². The standard InChI is InChI=1S/C17H14N4S/c1-11-8-12(2)10-14(9-11)16-20-21-15(18-19-17(21)22-16)13-6-4-3-5-7-13/h3-10H,1-2H3. The molecular formula is C17H14N4S. The monoisotopic (exact) mass is 306 g/mol. The van der Waals surface area contributed by atoms with Gasteiger partial charge >= 0.3 is 0 Å². The van der Waals surface area contributed by atoms with Crippen molar-refractivity contribution in [3.05, 3.63) is 59.7 Å². The molecule has 2 aromatic heterocycles. The van der Waals surface area contributed by atoms with Gasteiger partial charge < -0.3 is 0 Å². The van der Waals surface area contributed by atoms with E-state index in [1.807, 2.05) is 34.8 Å². The van der Waals surface area contributed by atoms with Crippen molar-refractivity contribution < 1.29 is 0 Å². The lowest BCUT2D eigenvalue weighted by Gasteiger charge is -2.01. The molecule has 0 aliphatic heterocycles. The van der Waals surface area contributed by atoms with Crippen molar-refractivity contribution in [3.63, 3.8) is 0 Å². The van der Waals surface area contributed by atoms with Crippen molar-refractivity contribution in [1.82, 2.24) is 19.8 Å². The molecule has 2 aromatic carbocycles.